The third kappa shape index (κ3) is 4.14. The molecule has 1 aliphatic heterocycles. The van der Waals surface area contributed by atoms with E-state index in [-0.39, 0.29) is 5.92 Å². The maximum Gasteiger partial charge on any atom is 0.225 e. The molecule has 0 saturated heterocycles. The molecule has 0 amide bonds. The lowest BCUT2D eigenvalue weighted by atomic mass is 9.72. The highest BCUT2D eigenvalue weighted by molar-refractivity contribution is 5.86. The Morgan fingerprint density at radius 1 is 0.805 bits per heavy atom. The number of ether oxygens (including phenoxy) is 1. The summed E-state index contributed by atoms with van der Waals surface area (Å²) in [6.45, 7) is 2.36. The SMILES string of the molecule is CC1CC2=C(Oc3nc4c(c(N)c3C2c2ccc3ccccc3c2)CCCC4)/C(=C/c2ccc3ccccc3c2)C1. The molecule has 0 saturated carbocycles. The second kappa shape index (κ2) is 9.62. The van der Waals surface area contributed by atoms with E-state index in [1.54, 1.807) is 0 Å². The summed E-state index contributed by atoms with van der Waals surface area (Å²) in [5.74, 6) is 2.24. The molecule has 3 nitrogen and oxygen atoms in total. The fraction of sp³-hybridized carbons (Fsp3) is 0.237. The van der Waals surface area contributed by atoms with E-state index in [9.17, 15) is 0 Å². The van der Waals surface area contributed by atoms with E-state index >= 15 is 0 Å². The summed E-state index contributed by atoms with van der Waals surface area (Å²) < 4.78 is 6.86. The van der Waals surface area contributed by atoms with Crippen molar-refractivity contribution in [3.8, 4) is 5.88 Å². The van der Waals surface area contributed by atoms with Crippen molar-refractivity contribution >= 4 is 33.3 Å². The molecule has 2 atom stereocenters. The van der Waals surface area contributed by atoms with E-state index in [4.69, 9.17) is 15.5 Å². The van der Waals surface area contributed by atoms with Crippen LogP contribution in [0.4, 0.5) is 5.69 Å². The Kier molecular flexibility index (Phi) is 5.73. The van der Waals surface area contributed by atoms with E-state index < -0.39 is 0 Å². The minimum atomic E-state index is 0.0286. The van der Waals surface area contributed by atoms with Crippen molar-refractivity contribution in [3.05, 3.63) is 130 Å². The van der Waals surface area contributed by atoms with Crippen LogP contribution in [0.25, 0.3) is 27.6 Å². The minimum absolute atomic E-state index is 0.0286. The van der Waals surface area contributed by atoms with E-state index in [1.165, 1.54) is 55.8 Å². The quantitative estimate of drug-likeness (QED) is 0.246. The smallest absolute Gasteiger partial charge is 0.225 e. The number of hydrogen-bond acceptors (Lipinski definition) is 3. The van der Waals surface area contributed by atoms with Gasteiger partial charge in [-0.3, -0.25) is 0 Å². The fourth-order valence-corrected chi connectivity index (χ4v) is 7.36. The van der Waals surface area contributed by atoms with Gasteiger partial charge in [-0.05, 0) is 106 Å². The number of nitrogens with two attached hydrogens (primary N) is 1. The standard InChI is InChI=1S/C38H34N2O/c1-23-18-30(21-24-14-15-25-8-2-4-10-27(25)20-24)37-32(19-23)34(29-17-16-26-9-3-5-11-28(26)22-29)35-36(39)31-12-6-7-13-33(31)40-38(35)41-37/h2-5,8-11,14-17,20-23,34H,6-7,12-13,18-19H2,1H3,(H2,39,40)/b30-21+. The maximum absolute atomic E-state index is 7.08. The Labute approximate surface area is 241 Å². The summed E-state index contributed by atoms with van der Waals surface area (Å²) >= 11 is 0. The summed E-state index contributed by atoms with van der Waals surface area (Å²) in [4.78, 5) is 5.18. The number of allylic oxidation sites excluding steroid dienone is 2. The number of fused-ring (bicyclic) bond motifs is 4. The Morgan fingerprint density at radius 2 is 1.51 bits per heavy atom. The number of hydrogen-bond donors (Lipinski definition) is 1. The third-order valence-electron chi connectivity index (χ3n) is 9.30. The Balaban J connectivity index is 1.34. The average molecular weight is 535 g/mol. The van der Waals surface area contributed by atoms with Gasteiger partial charge in [-0.25, -0.2) is 4.98 Å². The molecule has 0 fully saturated rings. The molecule has 0 spiro atoms. The largest absolute Gasteiger partial charge is 0.438 e. The Hall–Kier alpha value is -4.37. The molecule has 2 N–H and O–H groups in total. The first-order chi connectivity index (χ1) is 20.1. The molecular weight excluding hydrogens is 500 g/mol. The predicted octanol–water partition coefficient (Wildman–Crippen LogP) is 9.14. The summed E-state index contributed by atoms with van der Waals surface area (Å²) in [6, 6.07) is 30.8. The molecule has 2 heterocycles. The molecule has 202 valence electrons. The zero-order valence-electron chi connectivity index (χ0n) is 23.5. The van der Waals surface area contributed by atoms with Gasteiger partial charge in [0.25, 0.3) is 0 Å². The highest BCUT2D eigenvalue weighted by atomic mass is 16.5. The van der Waals surface area contributed by atoms with Crippen LogP contribution in [0.2, 0.25) is 0 Å². The first-order valence-electron chi connectivity index (χ1n) is 15.0. The zero-order valence-corrected chi connectivity index (χ0v) is 23.5. The molecular formula is C38H34N2O. The number of anilines is 1. The van der Waals surface area contributed by atoms with E-state index in [2.05, 4.69) is 97.9 Å². The molecule has 5 aromatic rings. The number of pyridine rings is 1. The van der Waals surface area contributed by atoms with Crippen molar-refractivity contribution in [2.24, 2.45) is 5.92 Å². The van der Waals surface area contributed by atoms with E-state index in [1.807, 2.05) is 0 Å². The van der Waals surface area contributed by atoms with Crippen molar-refractivity contribution < 1.29 is 4.74 Å². The van der Waals surface area contributed by atoms with Gasteiger partial charge in [-0.15, -0.1) is 0 Å². The fourth-order valence-electron chi connectivity index (χ4n) is 7.36. The molecule has 41 heavy (non-hydrogen) atoms. The molecule has 0 bridgehead atoms. The minimum Gasteiger partial charge on any atom is -0.438 e. The van der Waals surface area contributed by atoms with Crippen LogP contribution in [0.3, 0.4) is 0 Å². The maximum atomic E-state index is 7.08. The average Bonchev–Trinajstić information content (AvgIpc) is 3.00. The zero-order chi connectivity index (χ0) is 27.5. The Bertz CT molecular complexity index is 1910. The van der Waals surface area contributed by atoms with Crippen LogP contribution in [0.1, 0.15) is 66.5 Å². The van der Waals surface area contributed by atoms with Crippen molar-refractivity contribution in [1.29, 1.82) is 0 Å². The van der Waals surface area contributed by atoms with E-state index in [0.717, 1.165) is 54.8 Å². The molecule has 2 aliphatic carbocycles. The van der Waals surface area contributed by atoms with Crippen LogP contribution in [0.5, 0.6) is 5.88 Å². The number of aromatic nitrogens is 1. The number of aryl methyl sites for hydroxylation is 1. The van der Waals surface area contributed by atoms with Crippen molar-refractivity contribution in [3.63, 3.8) is 0 Å². The number of benzene rings is 4. The van der Waals surface area contributed by atoms with Gasteiger partial charge in [0, 0.05) is 22.9 Å². The highest BCUT2D eigenvalue weighted by Gasteiger charge is 2.39. The van der Waals surface area contributed by atoms with Crippen molar-refractivity contribution in [2.75, 3.05) is 5.73 Å². The van der Waals surface area contributed by atoms with Crippen LogP contribution in [0.15, 0.2) is 102 Å². The molecule has 2 unspecified atom stereocenters. The van der Waals surface area contributed by atoms with Crippen LogP contribution < -0.4 is 10.5 Å². The first kappa shape index (κ1) is 24.4. The van der Waals surface area contributed by atoms with Crippen molar-refractivity contribution in [2.45, 2.75) is 51.4 Å². The van der Waals surface area contributed by atoms with Crippen LogP contribution >= 0.6 is 0 Å². The monoisotopic (exact) mass is 534 g/mol. The van der Waals surface area contributed by atoms with Gasteiger partial charge in [0.2, 0.25) is 5.88 Å². The normalized spacial score (nSPS) is 21.0. The van der Waals surface area contributed by atoms with Gasteiger partial charge < -0.3 is 10.5 Å². The third-order valence-corrected chi connectivity index (χ3v) is 9.30. The highest BCUT2D eigenvalue weighted by Crippen LogP contribution is 2.53. The summed E-state index contributed by atoms with van der Waals surface area (Å²) in [6.07, 6.45) is 8.60. The van der Waals surface area contributed by atoms with Gasteiger partial charge in [0.1, 0.15) is 5.76 Å². The molecule has 8 rings (SSSR count). The first-order valence-corrected chi connectivity index (χ1v) is 15.0. The topological polar surface area (TPSA) is 48.1 Å². The molecule has 0 radical (unpaired) electrons. The summed E-state index contributed by atoms with van der Waals surface area (Å²) in [7, 11) is 0. The molecule has 4 aromatic carbocycles. The second-order valence-electron chi connectivity index (χ2n) is 12.2. The van der Waals surface area contributed by atoms with Gasteiger partial charge in [0.15, 0.2) is 0 Å². The van der Waals surface area contributed by atoms with Gasteiger partial charge >= 0.3 is 0 Å². The predicted molar refractivity (Wildman–Crippen MR) is 169 cm³/mol. The number of nitrogen functional groups attached to an aromatic ring is 1. The lowest BCUT2D eigenvalue weighted by Gasteiger charge is -2.38. The molecule has 1 aromatic heterocycles. The second-order valence-corrected chi connectivity index (χ2v) is 12.2. The van der Waals surface area contributed by atoms with Crippen LogP contribution in [0, 0.1) is 5.92 Å². The number of rotatable bonds is 2. The van der Waals surface area contributed by atoms with E-state index in [0.29, 0.717) is 11.8 Å². The summed E-state index contributed by atoms with van der Waals surface area (Å²) in [5.41, 5.74) is 16.5. The Morgan fingerprint density at radius 3 is 2.32 bits per heavy atom. The lowest BCUT2D eigenvalue weighted by Crippen LogP contribution is -2.26. The molecule has 3 aliphatic rings. The molecule has 3 heteroatoms. The van der Waals surface area contributed by atoms with Gasteiger partial charge in [0.05, 0.1) is 0 Å². The number of nitrogens with zero attached hydrogens (tertiary/aromatic N) is 1. The van der Waals surface area contributed by atoms with Gasteiger partial charge in [-0.1, -0.05) is 85.8 Å². The van der Waals surface area contributed by atoms with Crippen LogP contribution in [-0.4, -0.2) is 4.98 Å². The van der Waals surface area contributed by atoms with Crippen molar-refractivity contribution in [1.82, 2.24) is 4.98 Å². The lowest BCUT2D eigenvalue weighted by molar-refractivity contribution is 0.352. The summed E-state index contributed by atoms with van der Waals surface area (Å²) in [5, 5.41) is 5.02. The van der Waals surface area contributed by atoms with Gasteiger partial charge in [-0.2, -0.15) is 0 Å². The van der Waals surface area contributed by atoms with Crippen LogP contribution in [-0.2, 0) is 12.8 Å².